The summed E-state index contributed by atoms with van der Waals surface area (Å²) in [6, 6.07) is 13.0. The van der Waals surface area contributed by atoms with E-state index >= 15 is 0 Å². The molecule has 1 saturated heterocycles. The van der Waals surface area contributed by atoms with Crippen LogP contribution in [0.25, 0.3) is 0 Å². The van der Waals surface area contributed by atoms with Crippen LogP contribution >= 0.6 is 11.8 Å². The minimum absolute atomic E-state index is 0.00975. The fraction of sp³-hybridized carbons (Fsp3) is 0.381. The van der Waals surface area contributed by atoms with E-state index in [2.05, 4.69) is 11.0 Å². The molecule has 0 aliphatic carbocycles. The summed E-state index contributed by atoms with van der Waals surface area (Å²) >= 11 is 1.81. The maximum atomic E-state index is 13.1. The zero-order valence-corrected chi connectivity index (χ0v) is 18.2. The van der Waals surface area contributed by atoms with Crippen molar-refractivity contribution in [2.75, 3.05) is 49.9 Å². The van der Waals surface area contributed by atoms with Gasteiger partial charge in [0.25, 0.3) is 0 Å². The molecule has 160 valence electrons. The fourth-order valence-electron chi connectivity index (χ4n) is 3.76. The number of thioether (sulfide) groups is 1. The molecule has 4 rings (SSSR count). The fourth-order valence-corrected chi connectivity index (χ4v) is 6.19. The van der Waals surface area contributed by atoms with E-state index in [4.69, 9.17) is 0 Å². The van der Waals surface area contributed by atoms with E-state index < -0.39 is 15.8 Å². The minimum Gasteiger partial charge on any atom is -0.361 e. The summed E-state index contributed by atoms with van der Waals surface area (Å²) in [5.74, 6) is 0.565. The first-order valence-electron chi connectivity index (χ1n) is 9.95. The Labute approximate surface area is 180 Å². The molecule has 0 N–H and O–H groups in total. The number of carbonyl (C=O) groups is 1. The Morgan fingerprint density at radius 1 is 0.967 bits per heavy atom. The molecular formula is C21H24FN3O3S2. The molecule has 2 aliphatic heterocycles. The predicted molar refractivity (Wildman–Crippen MR) is 116 cm³/mol. The summed E-state index contributed by atoms with van der Waals surface area (Å²) < 4.78 is 40.0. The predicted octanol–water partition coefficient (Wildman–Crippen LogP) is 2.66. The third kappa shape index (κ3) is 4.48. The lowest BCUT2D eigenvalue weighted by atomic mass is 10.2. The molecule has 30 heavy (non-hydrogen) atoms. The first-order valence-corrected chi connectivity index (χ1v) is 12.4. The molecular weight excluding hydrogens is 425 g/mol. The van der Waals surface area contributed by atoms with Crippen LogP contribution in [0.5, 0.6) is 0 Å². The second kappa shape index (κ2) is 8.95. The third-order valence-electron chi connectivity index (χ3n) is 5.40. The summed E-state index contributed by atoms with van der Waals surface area (Å²) in [4.78, 5) is 18.0. The SMILES string of the molecule is O=C(CN1CCCSc2ccccc21)N1CCN(S(=O)(=O)c2ccc(F)cc2)CC1. The second-order valence-electron chi connectivity index (χ2n) is 7.33. The van der Waals surface area contributed by atoms with E-state index in [0.29, 0.717) is 19.6 Å². The molecule has 1 amide bonds. The Hall–Kier alpha value is -2.10. The van der Waals surface area contributed by atoms with Crippen molar-refractivity contribution in [3.63, 3.8) is 0 Å². The van der Waals surface area contributed by atoms with Crippen LogP contribution < -0.4 is 4.90 Å². The monoisotopic (exact) mass is 449 g/mol. The summed E-state index contributed by atoms with van der Waals surface area (Å²) in [7, 11) is -3.68. The molecule has 0 unspecified atom stereocenters. The lowest BCUT2D eigenvalue weighted by Gasteiger charge is -2.35. The minimum atomic E-state index is -3.68. The van der Waals surface area contributed by atoms with Gasteiger partial charge in [-0.15, -0.1) is 11.8 Å². The van der Waals surface area contributed by atoms with Gasteiger partial charge in [-0.25, -0.2) is 12.8 Å². The number of sulfonamides is 1. The van der Waals surface area contributed by atoms with Gasteiger partial charge in [-0.05, 0) is 48.6 Å². The van der Waals surface area contributed by atoms with Crippen molar-refractivity contribution in [1.82, 2.24) is 9.21 Å². The van der Waals surface area contributed by atoms with E-state index in [-0.39, 0.29) is 23.9 Å². The van der Waals surface area contributed by atoms with Crippen molar-refractivity contribution >= 4 is 33.4 Å². The molecule has 0 spiro atoms. The molecule has 2 aromatic rings. The summed E-state index contributed by atoms with van der Waals surface area (Å²) in [6.45, 7) is 2.29. The molecule has 2 aromatic carbocycles. The number of amides is 1. The van der Waals surface area contributed by atoms with Gasteiger partial charge < -0.3 is 9.80 Å². The van der Waals surface area contributed by atoms with Crippen LogP contribution in [0.15, 0.2) is 58.3 Å². The number of halogens is 1. The first-order chi connectivity index (χ1) is 14.4. The zero-order chi connectivity index (χ0) is 21.1. The molecule has 1 fully saturated rings. The maximum absolute atomic E-state index is 13.1. The van der Waals surface area contributed by atoms with Crippen molar-refractivity contribution in [2.24, 2.45) is 0 Å². The van der Waals surface area contributed by atoms with Crippen LogP contribution in [-0.2, 0) is 14.8 Å². The van der Waals surface area contributed by atoms with E-state index in [0.717, 1.165) is 36.5 Å². The number of benzene rings is 2. The number of anilines is 1. The molecule has 6 nitrogen and oxygen atoms in total. The van der Waals surface area contributed by atoms with Crippen molar-refractivity contribution in [2.45, 2.75) is 16.2 Å². The van der Waals surface area contributed by atoms with Crippen LogP contribution in [-0.4, -0.2) is 68.6 Å². The standard InChI is InChI=1S/C21H24FN3O3S2/c22-17-6-8-18(9-7-17)30(27,28)25-13-11-23(12-14-25)21(26)16-24-10-3-15-29-20-5-2-1-4-19(20)24/h1-2,4-9H,3,10-16H2. The van der Waals surface area contributed by atoms with Crippen molar-refractivity contribution in [3.05, 3.63) is 54.3 Å². The number of para-hydroxylation sites is 1. The highest BCUT2D eigenvalue weighted by Gasteiger charge is 2.31. The topological polar surface area (TPSA) is 60.9 Å². The number of carbonyl (C=O) groups excluding carboxylic acids is 1. The molecule has 0 saturated carbocycles. The van der Waals surface area contributed by atoms with Gasteiger partial charge in [-0.1, -0.05) is 12.1 Å². The number of piperazine rings is 1. The Bertz CT molecular complexity index is 1010. The Kier molecular flexibility index (Phi) is 6.31. The highest BCUT2D eigenvalue weighted by molar-refractivity contribution is 7.99. The molecule has 0 atom stereocenters. The molecule has 0 aromatic heterocycles. The van der Waals surface area contributed by atoms with Gasteiger partial charge in [-0.2, -0.15) is 4.31 Å². The first kappa shape index (κ1) is 21.1. The van der Waals surface area contributed by atoms with Gasteiger partial charge in [0.1, 0.15) is 5.82 Å². The van der Waals surface area contributed by atoms with Crippen LogP contribution in [0.2, 0.25) is 0 Å². The van der Waals surface area contributed by atoms with Gasteiger partial charge in [0.05, 0.1) is 17.1 Å². The number of fused-ring (bicyclic) bond motifs is 1. The van der Waals surface area contributed by atoms with Crippen molar-refractivity contribution in [3.8, 4) is 0 Å². The second-order valence-corrected chi connectivity index (χ2v) is 10.4. The van der Waals surface area contributed by atoms with E-state index in [1.807, 2.05) is 30.0 Å². The van der Waals surface area contributed by atoms with Gasteiger partial charge in [0, 0.05) is 37.6 Å². The Balaban J connectivity index is 1.38. The Morgan fingerprint density at radius 3 is 2.40 bits per heavy atom. The zero-order valence-electron chi connectivity index (χ0n) is 16.5. The van der Waals surface area contributed by atoms with Crippen molar-refractivity contribution in [1.29, 1.82) is 0 Å². The summed E-state index contributed by atoms with van der Waals surface area (Å²) in [5.41, 5.74) is 1.09. The van der Waals surface area contributed by atoms with E-state index in [1.165, 1.54) is 21.3 Å². The average Bonchev–Trinajstić information content (AvgIpc) is 2.96. The van der Waals surface area contributed by atoms with E-state index in [9.17, 15) is 17.6 Å². The largest absolute Gasteiger partial charge is 0.361 e. The highest BCUT2D eigenvalue weighted by atomic mass is 32.2. The summed E-state index contributed by atoms with van der Waals surface area (Å²) in [5, 5.41) is 0. The van der Waals surface area contributed by atoms with Gasteiger partial charge in [-0.3, -0.25) is 4.79 Å². The Morgan fingerprint density at radius 2 is 1.67 bits per heavy atom. The van der Waals surface area contributed by atoms with Crippen LogP contribution in [0.3, 0.4) is 0 Å². The van der Waals surface area contributed by atoms with Crippen LogP contribution in [0, 0.1) is 5.82 Å². The number of nitrogens with zero attached hydrogens (tertiary/aromatic N) is 3. The van der Waals surface area contributed by atoms with Gasteiger partial charge >= 0.3 is 0 Å². The third-order valence-corrected chi connectivity index (χ3v) is 8.47. The number of hydrogen-bond donors (Lipinski definition) is 0. The quantitative estimate of drug-likeness (QED) is 0.718. The molecule has 0 radical (unpaired) electrons. The van der Waals surface area contributed by atoms with Gasteiger partial charge in [0.2, 0.25) is 15.9 Å². The highest BCUT2D eigenvalue weighted by Crippen LogP contribution is 2.33. The van der Waals surface area contributed by atoms with Crippen molar-refractivity contribution < 1.29 is 17.6 Å². The average molecular weight is 450 g/mol. The molecule has 0 bridgehead atoms. The lowest BCUT2D eigenvalue weighted by molar-refractivity contribution is -0.130. The maximum Gasteiger partial charge on any atom is 0.243 e. The van der Waals surface area contributed by atoms with Gasteiger partial charge in [0.15, 0.2) is 0 Å². The lowest BCUT2D eigenvalue weighted by Crippen LogP contribution is -2.52. The molecule has 2 heterocycles. The van der Waals surface area contributed by atoms with Crippen LogP contribution in [0.1, 0.15) is 6.42 Å². The smallest absolute Gasteiger partial charge is 0.243 e. The summed E-state index contributed by atoms with van der Waals surface area (Å²) in [6.07, 6.45) is 1.01. The number of rotatable bonds is 4. The van der Waals surface area contributed by atoms with Crippen LogP contribution in [0.4, 0.5) is 10.1 Å². The van der Waals surface area contributed by atoms with E-state index in [1.54, 1.807) is 4.90 Å². The molecule has 2 aliphatic rings. The number of hydrogen-bond acceptors (Lipinski definition) is 5. The normalized spacial score (nSPS) is 18.0. The molecule has 9 heteroatoms.